The molecule has 1 aliphatic rings. The van der Waals surface area contributed by atoms with Gasteiger partial charge in [0.25, 0.3) is 0 Å². The molecule has 3 rings (SSSR count). The van der Waals surface area contributed by atoms with Crippen LogP contribution >= 0.6 is 39.5 Å². The average Bonchev–Trinajstić information content (AvgIpc) is 3.08. The number of benzene rings is 1. The quantitative estimate of drug-likeness (QED) is 0.605. The van der Waals surface area contributed by atoms with Crippen LogP contribution in [0.25, 0.3) is 0 Å². The second-order valence-electron chi connectivity index (χ2n) is 5.71. The highest BCUT2D eigenvalue weighted by atomic mass is 79.9. The molecule has 0 radical (unpaired) electrons. The Morgan fingerprint density at radius 3 is 2.46 bits per heavy atom. The first kappa shape index (κ1) is 19.3. The number of Topliss-reactive ketones (excluding diaryl/α,β-unsaturated/α-hetero) is 1. The molecule has 26 heavy (non-hydrogen) atoms. The average molecular weight is 465 g/mol. The predicted octanol–water partition coefficient (Wildman–Crippen LogP) is 3.62. The summed E-state index contributed by atoms with van der Waals surface area (Å²) < 4.78 is 40.7. The lowest BCUT2D eigenvalue weighted by Gasteiger charge is -2.45. The van der Waals surface area contributed by atoms with Crippen molar-refractivity contribution >= 4 is 50.4 Å². The van der Waals surface area contributed by atoms with Crippen molar-refractivity contribution in [2.24, 2.45) is 5.92 Å². The maximum Gasteiger partial charge on any atom is 0.450 e. The Morgan fingerprint density at radius 2 is 1.92 bits per heavy atom. The lowest BCUT2D eigenvalue weighted by molar-refractivity contribution is -0.189. The van der Waals surface area contributed by atoms with Gasteiger partial charge < -0.3 is 15.7 Å². The third-order valence-corrected chi connectivity index (χ3v) is 5.80. The molecule has 3 atom stereocenters. The van der Waals surface area contributed by atoms with Crippen LogP contribution in [0.1, 0.15) is 16.5 Å². The van der Waals surface area contributed by atoms with Gasteiger partial charge in [-0.1, -0.05) is 34.1 Å². The molecule has 10 heteroatoms. The summed E-state index contributed by atoms with van der Waals surface area (Å²) in [7, 11) is 0. The van der Waals surface area contributed by atoms with Gasteiger partial charge in [-0.05, 0) is 41.4 Å². The Morgan fingerprint density at radius 1 is 1.27 bits per heavy atom. The topological polar surface area (TPSA) is 61.4 Å². The fraction of sp³-hybridized carbons (Fsp3) is 0.250. The monoisotopic (exact) mass is 464 g/mol. The fourth-order valence-corrected chi connectivity index (χ4v) is 4.29. The first-order chi connectivity index (χ1) is 12.1. The molecule has 3 N–H and O–H groups in total. The molecular weight excluding hydrogens is 453 g/mol. The number of thiocarbonyl (C=S) groups is 1. The highest BCUT2D eigenvalue weighted by molar-refractivity contribution is 9.10. The Bertz CT molecular complexity index is 827. The number of hydrogen-bond acceptors (Lipinski definition) is 4. The molecule has 1 saturated heterocycles. The molecule has 1 fully saturated rings. The summed E-state index contributed by atoms with van der Waals surface area (Å²) in [6.07, 6.45) is -5.12. The van der Waals surface area contributed by atoms with Gasteiger partial charge in [0.05, 0.1) is 10.9 Å². The predicted molar refractivity (Wildman–Crippen MR) is 98.5 cm³/mol. The van der Waals surface area contributed by atoms with Crippen LogP contribution in [0.4, 0.5) is 13.2 Å². The van der Waals surface area contributed by atoms with Crippen molar-refractivity contribution in [3.8, 4) is 0 Å². The van der Waals surface area contributed by atoms with E-state index in [-0.39, 0.29) is 9.99 Å². The van der Waals surface area contributed by atoms with E-state index in [0.717, 1.165) is 15.8 Å². The highest BCUT2D eigenvalue weighted by Crippen LogP contribution is 2.44. The minimum Gasteiger partial charge on any atom is -0.366 e. The third kappa shape index (κ3) is 3.51. The van der Waals surface area contributed by atoms with Gasteiger partial charge in [-0.3, -0.25) is 4.79 Å². The van der Waals surface area contributed by atoms with Gasteiger partial charge in [-0.25, -0.2) is 0 Å². The first-order valence-electron chi connectivity index (χ1n) is 7.34. The number of carbonyl (C=O) groups excluding carboxylic acids is 1. The van der Waals surface area contributed by atoms with Gasteiger partial charge in [0, 0.05) is 4.47 Å². The summed E-state index contributed by atoms with van der Waals surface area (Å²) in [5.74, 6) is -3.90. The van der Waals surface area contributed by atoms with Crippen LogP contribution in [-0.4, -0.2) is 22.2 Å². The van der Waals surface area contributed by atoms with Gasteiger partial charge in [-0.15, -0.1) is 11.3 Å². The van der Waals surface area contributed by atoms with E-state index in [4.69, 9.17) is 12.2 Å². The van der Waals surface area contributed by atoms with Crippen LogP contribution in [0.5, 0.6) is 0 Å². The molecule has 1 aliphatic heterocycles. The minimum absolute atomic E-state index is 0.0416. The molecule has 0 saturated carbocycles. The zero-order chi connectivity index (χ0) is 19.1. The number of carbonyl (C=O) groups is 1. The normalized spacial score (nSPS) is 26.1. The largest absolute Gasteiger partial charge is 0.450 e. The third-order valence-electron chi connectivity index (χ3n) is 4.06. The van der Waals surface area contributed by atoms with Crippen LogP contribution in [0, 0.1) is 5.92 Å². The molecule has 2 aromatic rings. The summed E-state index contributed by atoms with van der Waals surface area (Å²) in [5.41, 5.74) is -1.88. The van der Waals surface area contributed by atoms with Gasteiger partial charge in [0.1, 0.15) is 5.92 Å². The Labute approximate surface area is 164 Å². The van der Waals surface area contributed by atoms with E-state index in [9.17, 15) is 23.1 Å². The molecule has 1 aromatic carbocycles. The maximum atomic E-state index is 13.3. The molecule has 0 bridgehead atoms. The van der Waals surface area contributed by atoms with Gasteiger partial charge in [-0.2, -0.15) is 13.2 Å². The van der Waals surface area contributed by atoms with Crippen LogP contribution < -0.4 is 10.6 Å². The molecule has 0 aliphatic carbocycles. The van der Waals surface area contributed by atoms with Crippen molar-refractivity contribution in [2.75, 3.05) is 0 Å². The fourth-order valence-electron chi connectivity index (χ4n) is 2.93. The number of hydrogen-bond donors (Lipinski definition) is 3. The maximum absolute atomic E-state index is 13.3. The number of nitrogens with one attached hydrogen (secondary N) is 2. The van der Waals surface area contributed by atoms with Crippen LogP contribution in [0.15, 0.2) is 46.3 Å². The Balaban J connectivity index is 2.16. The summed E-state index contributed by atoms with van der Waals surface area (Å²) in [6, 6.07) is 8.30. The van der Waals surface area contributed by atoms with Crippen molar-refractivity contribution in [3.05, 3.63) is 56.7 Å². The zero-order valence-corrected chi connectivity index (χ0v) is 16.1. The summed E-state index contributed by atoms with van der Waals surface area (Å²) in [4.78, 5) is 12.4. The summed E-state index contributed by atoms with van der Waals surface area (Å²) in [5, 5.41) is 17.8. The van der Waals surface area contributed by atoms with E-state index in [1.54, 1.807) is 35.7 Å². The highest BCUT2D eigenvalue weighted by Gasteiger charge is 2.59. The lowest BCUT2D eigenvalue weighted by atomic mass is 9.78. The number of alkyl halides is 3. The van der Waals surface area contributed by atoms with E-state index in [1.807, 2.05) is 0 Å². The second kappa shape index (κ2) is 6.91. The lowest BCUT2D eigenvalue weighted by Crippen LogP contribution is -2.66. The van der Waals surface area contributed by atoms with Crippen molar-refractivity contribution in [1.29, 1.82) is 0 Å². The number of thiophene rings is 1. The summed E-state index contributed by atoms with van der Waals surface area (Å²) >= 11 is 9.38. The molecular formula is C16H12BrF3N2O2S2. The van der Waals surface area contributed by atoms with Crippen LogP contribution in [0.3, 0.4) is 0 Å². The van der Waals surface area contributed by atoms with Gasteiger partial charge >= 0.3 is 6.18 Å². The van der Waals surface area contributed by atoms with Crippen LogP contribution in [-0.2, 0) is 10.5 Å². The second-order valence-corrected chi connectivity index (χ2v) is 7.98. The molecule has 1 aromatic heterocycles. The number of aliphatic hydroxyl groups is 1. The number of ketones is 1. The smallest absolute Gasteiger partial charge is 0.366 e. The molecule has 4 nitrogen and oxygen atoms in total. The van der Waals surface area contributed by atoms with Crippen LogP contribution in [0.2, 0.25) is 0 Å². The van der Waals surface area contributed by atoms with E-state index < -0.39 is 29.6 Å². The first-order valence-corrected chi connectivity index (χ1v) is 9.42. The number of halogens is 4. The SMILES string of the molecule is O=C([C@@H]1[C@@H](c2ccc(Br)cc2)NC(=S)N[C@@]1(O)c1cccs1)C(F)(F)F. The Hall–Kier alpha value is -1.49. The van der Waals surface area contributed by atoms with E-state index >= 15 is 0 Å². The molecule has 2 heterocycles. The standard InChI is InChI=1S/C16H12BrF3N2O2S2/c17-9-5-3-8(4-6-9)12-11(13(23)16(18,19)20)15(24,22-14(25)21-12)10-2-1-7-26-10/h1-7,11-12,24H,(H2,21,22,25)/t11-,12+,15+/m0/s1. The molecule has 138 valence electrons. The molecule has 0 spiro atoms. The minimum atomic E-state index is -5.12. The van der Waals surface area contributed by atoms with Gasteiger partial charge in [0.15, 0.2) is 10.8 Å². The molecule has 0 amide bonds. The van der Waals surface area contributed by atoms with Crippen molar-refractivity contribution in [1.82, 2.24) is 10.6 Å². The Kier molecular flexibility index (Phi) is 5.13. The van der Waals surface area contributed by atoms with Crippen molar-refractivity contribution < 1.29 is 23.1 Å². The number of rotatable bonds is 3. The zero-order valence-electron chi connectivity index (χ0n) is 12.9. The van der Waals surface area contributed by atoms with E-state index in [0.29, 0.717) is 5.56 Å². The van der Waals surface area contributed by atoms with E-state index in [1.165, 1.54) is 6.07 Å². The molecule has 0 unspecified atom stereocenters. The van der Waals surface area contributed by atoms with Crippen molar-refractivity contribution in [2.45, 2.75) is 17.9 Å². The van der Waals surface area contributed by atoms with Gasteiger partial charge in [0.2, 0.25) is 5.78 Å². The van der Waals surface area contributed by atoms with E-state index in [2.05, 4.69) is 26.6 Å². The summed E-state index contributed by atoms with van der Waals surface area (Å²) in [6.45, 7) is 0. The van der Waals surface area contributed by atoms with Crippen molar-refractivity contribution in [3.63, 3.8) is 0 Å².